The zero-order valence-corrected chi connectivity index (χ0v) is 17.7. The topological polar surface area (TPSA) is 46.2 Å². The van der Waals surface area contributed by atoms with Crippen LogP contribution in [0, 0.1) is 41.3 Å². The molecular weight excluding hydrogens is 387 g/mol. The summed E-state index contributed by atoms with van der Waals surface area (Å²) in [4.78, 5) is 11.9. The molecule has 0 unspecified atom stereocenters. The van der Waals surface area contributed by atoms with Crippen LogP contribution in [0.25, 0.3) is 0 Å². The molecule has 4 heterocycles. The summed E-state index contributed by atoms with van der Waals surface area (Å²) in [6.07, 6.45) is 2.96. The summed E-state index contributed by atoms with van der Waals surface area (Å²) in [5.74, 6) is 5.78. The lowest BCUT2D eigenvalue weighted by molar-refractivity contribution is -0.577. The molecule has 4 aliphatic heterocycles. The summed E-state index contributed by atoms with van der Waals surface area (Å²) in [6.45, 7) is 6.50. The van der Waals surface area contributed by atoms with E-state index in [1.54, 1.807) is 18.2 Å². The van der Waals surface area contributed by atoms with Crippen LogP contribution in [-0.2, 0) is 24.0 Å². The van der Waals surface area contributed by atoms with Gasteiger partial charge in [0.05, 0.1) is 5.56 Å². The quantitative estimate of drug-likeness (QED) is 0.528. The van der Waals surface area contributed by atoms with E-state index in [1.165, 1.54) is 6.07 Å². The Morgan fingerprint density at radius 1 is 1.13 bits per heavy atom. The molecule has 1 aliphatic carbocycles. The number of halogens is 1. The lowest BCUT2D eigenvalue weighted by Gasteiger charge is -2.60. The van der Waals surface area contributed by atoms with Gasteiger partial charge in [-0.25, -0.2) is 14.2 Å². The van der Waals surface area contributed by atoms with E-state index in [1.807, 2.05) is 6.92 Å². The standard InChI is InChI=1S/C24H29FO5/c1-15-10-11-19-16(2)21(26-14-6-8-17-7-4-5-9-20(17)25)27-22-24(19)18(15)12-13-23(3,28-22)29-30-24/h4-5,7,9,15-16,18-19,21-22H,10-14H2,1-3H3/t15-,16-,18+,19+,21+,22-,23-,24-/m1/s1. The molecule has 1 aromatic carbocycles. The second-order valence-electron chi connectivity index (χ2n) is 9.37. The summed E-state index contributed by atoms with van der Waals surface area (Å²) in [6, 6.07) is 6.47. The van der Waals surface area contributed by atoms with E-state index in [0.29, 0.717) is 17.4 Å². The van der Waals surface area contributed by atoms with Crippen LogP contribution in [0.15, 0.2) is 24.3 Å². The third-order valence-electron chi connectivity index (χ3n) is 7.51. The van der Waals surface area contributed by atoms with E-state index in [4.69, 9.17) is 24.0 Å². The van der Waals surface area contributed by atoms with Crippen molar-refractivity contribution in [2.45, 2.75) is 70.4 Å². The lowest BCUT2D eigenvalue weighted by atomic mass is 9.58. The van der Waals surface area contributed by atoms with Gasteiger partial charge in [-0.2, -0.15) is 0 Å². The maximum atomic E-state index is 13.7. The highest BCUT2D eigenvalue weighted by Crippen LogP contribution is 2.60. The number of benzene rings is 1. The van der Waals surface area contributed by atoms with Crippen molar-refractivity contribution in [2.24, 2.45) is 23.7 Å². The van der Waals surface area contributed by atoms with Crippen molar-refractivity contribution in [3.63, 3.8) is 0 Å². The fourth-order valence-corrected chi connectivity index (χ4v) is 5.88. The van der Waals surface area contributed by atoms with E-state index < -0.39 is 24.0 Å². The Morgan fingerprint density at radius 3 is 2.80 bits per heavy atom. The molecular formula is C24H29FO5. The minimum Gasteiger partial charge on any atom is -0.340 e. The van der Waals surface area contributed by atoms with Crippen molar-refractivity contribution in [3.8, 4) is 11.8 Å². The predicted octanol–water partition coefficient (Wildman–Crippen LogP) is 4.40. The van der Waals surface area contributed by atoms with E-state index in [2.05, 4.69) is 25.7 Å². The van der Waals surface area contributed by atoms with Gasteiger partial charge in [0, 0.05) is 18.3 Å². The first-order chi connectivity index (χ1) is 14.4. The predicted molar refractivity (Wildman–Crippen MR) is 106 cm³/mol. The first-order valence-electron chi connectivity index (χ1n) is 11.0. The van der Waals surface area contributed by atoms with E-state index >= 15 is 0 Å². The van der Waals surface area contributed by atoms with Gasteiger partial charge in [-0.05, 0) is 50.2 Å². The van der Waals surface area contributed by atoms with Gasteiger partial charge in [-0.1, -0.05) is 37.8 Å². The third kappa shape index (κ3) is 3.19. The fourth-order valence-electron chi connectivity index (χ4n) is 5.88. The van der Waals surface area contributed by atoms with Crippen LogP contribution in [-0.4, -0.2) is 30.6 Å². The van der Waals surface area contributed by atoms with Crippen LogP contribution in [0.2, 0.25) is 0 Å². The number of hydrogen-bond donors (Lipinski definition) is 0. The Morgan fingerprint density at radius 2 is 1.97 bits per heavy atom. The van der Waals surface area contributed by atoms with Gasteiger partial charge in [0.1, 0.15) is 12.4 Å². The molecule has 6 heteroatoms. The molecule has 162 valence electrons. The third-order valence-corrected chi connectivity index (χ3v) is 7.51. The highest BCUT2D eigenvalue weighted by atomic mass is 19.1. The molecule has 1 saturated carbocycles. The molecule has 0 radical (unpaired) electrons. The van der Waals surface area contributed by atoms with Crippen molar-refractivity contribution >= 4 is 0 Å². The Labute approximate surface area is 177 Å². The van der Waals surface area contributed by atoms with Gasteiger partial charge in [0.25, 0.3) is 0 Å². The van der Waals surface area contributed by atoms with E-state index in [0.717, 1.165) is 25.7 Å². The molecule has 2 bridgehead atoms. The maximum Gasteiger partial charge on any atom is 0.201 e. The lowest BCUT2D eigenvalue weighted by Crippen LogP contribution is -2.70. The zero-order valence-electron chi connectivity index (χ0n) is 17.7. The first-order valence-corrected chi connectivity index (χ1v) is 11.0. The number of ether oxygens (including phenoxy) is 3. The van der Waals surface area contributed by atoms with Gasteiger partial charge >= 0.3 is 0 Å². The first kappa shape index (κ1) is 20.4. The van der Waals surface area contributed by atoms with Crippen LogP contribution >= 0.6 is 0 Å². The van der Waals surface area contributed by atoms with Crippen LogP contribution in [0.4, 0.5) is 4.39 Å². The Balaban J connectivity index is 1.35. The van der Waals surface area contributed by atoms with Crippen molar-refractivity contribution in [1.82, 2.24) is 0 Å². The fraction of sp³-hybridized carbons (Fsp3) is 0.667. The molecule has 5 aliphatic rings. The van der Waals surface area contributed by atoms with Crippen molar-refractivity contribution in [1.29, 1.82) is 0 Å². The minimum atomic E-state index is -0.798. The molecule has 30 heavy (non-hydrogen) atoms. The van der Waals surface area contributed by atoms with Gasteiger partial charge in [-0.3, -0.25) is 0 Å². The summed E-state index contributed by atoms with van der Waals surface area (Å²) < 4.78 is 32.4. The average Bonchev–Trinajstić information content (AvgIpc) is 2.96. The van der Waals surface area contributed by atoms with Crippen molar-refractivity contribution in [3.05, 3.63) is 35.6 Å². The Hall–Kier alpha value is -1.49. The minimum absolute atomic E-state index is 0.0983. The second-order valence-corrected chi connectivity index (χ2v) is 9.37. The molecule has 1 spiro atoms. The highest BCUT2D eigenvalue weighted by molar-refractivity contribution is 5.35. The molecule has 0 aromatic heterocycles. The monoisotopic (exact) mass is 416 g/mol. The molecule has 5 nitrogen and oxygen atoms in total. The average molecular weight is 416 g/mol. The smallest absolute Gasteiger partial charge is 0.201 e. The summed E-state index contributed by atoms with van der Waals surface area (Å²) in [7, 11) is 0. The van der Waals surface area contributed by atoms with Gasteiger partial charge < -0.3 is 14.2 Å². The van der Waals surface area contributed by atoms with Crippen LogP contribution in [0.3, 0.4) is 0 Å². The summed E-state index contributed by atoms with van der Waals surface area (Å²) >= 11 is 0. The Kier molecular flexibility index (Phi) is 5.16. The normalized spacial score (nSPS) is 44.5. The van der Waals surface area contributed by atoms with Crippen molar-refractivity contribution in [2.75, 3.05) is 6.61 Å². The molecule has 6 rings (SSSR count). The van der Waals surface area contributed by atoms with E-state index in [9.17, 15) is 4.39 Å². The van der Waals surface area contributed by atoms with Gasteiger partial charge in [-0.15, -0.1) is 0 Å². The van der Waals surface area contributed by atoms with Crippen LogP contribution in [0.5, 0.6) is 0 Å². The summed E-state index contributed by atoms with van der Waals surface area (Å²) in [5.41, 5.74) is -0.226. The van der Waals surface area contributed by atoms with Gasteiger partial charge in [0.2, 0.25) is 5.79 Å². The number of rotatable bonds is 2. The molecule has 8 atom stereocenters. The molecule has 5 fully saturated rings. The molecule has 1 aromatic rings. The largest absolute Gasteiger partial charge is 0.340 e. The van der Waals surface area contributed by atoms with Gasteiger partial charge in [0.15, 0.2) is 18.2 Å². The number of fused-ring (bicyclic) bond motifs is 2. The SMILES string of the molecule is C[C@H]1[C@@H](OCC#Cc2ccccc2F)O[C@@H]2O[C@@]3(C)CC[C@H]4[C@H](C)CC[C@@H]1[C@@]24OO3. The molecule has 0 amide bonds. The Bertz CT molecular complexity index is 865. The summed E-state index contributed by atoms with van der Waals surface area (Å²) in [5, 5.41) is 0. The second kappa shape index (κ2) is 7.58. The van der Waals surface area contributed by atoms with Crippen LogP contribution in [0.1, 0.15) is 52.0 Å². The number of hydrogen-bond acceptors (Lipinski definition) is 5. The van der Waals surface area contributed by atoms with Crippen LogP contribution < -0.4 is 0 Å². The highest BCUT2D eigenvalue weighted by Gasteiger charge is 2.69. The molecule has 4 saturated heterocycles. The maximum absolute atomic E-state index is 13.7. The zero-order chi connectivity index (χ0) is 20.9. The van der Waals surface area contributed by atoms with Crippen molar-refractivity contribution < 1.29 is 28.4 Å². The molecule has 0 N–H and O–H groups in total. The van der Waals surface area contributed by atoms with E-state index in [-0.39, 0.29) is 24.3 Å².